The first-order chi connectivity index (χ1) is 9.49. The summed E-state index contributed by atoms with van der Waals surface area (Å²) in [6.45, 7) is 1.04. The number of aromatic amines is 1. The summed E-state index contributed by atoms with van der Waals surface area (Å²) in [7, 11) is -3.66. The Morgan fingerprint density at radius 1 is 1.45 bits per heavy atom. The van der Waals surface area contributed by atoms with Crippen molar-refractivity contribution in [3.8, 4) is 0 Å². The zero-order valence-electron chi connectivity index (χ0n) is 10.9. The Morgan fingerprint density at radius 3 is 2.90 bits per heavy atom. The second-order valence-corrected chi connectivity index (χ2v) is 6.86. The van der Waals surface area contributed by atoms with Crippen LogP contribution in [-0.2, 0) is 14.8 Å². The van der Waals surface area contributed by atoms with Gasteiger partial charge in [-0.05, 0) is 31.7 Å². The van der Waals surface area contributed by atoms with Crippen molar-refractivity contribution in [3.63, 3.8) is 0 Å². The van der Waals surface area contributed by atoms with Crippen LogP contribution >= 0.6 is 11.6 Å². The monoisotopic (exact) mass is 320 g/mol. The maximum Gasteiger partial charge on any atom is 0.266 e. The molecule has 0 aliphatic carbocycles. The van der Waals surface area contributed by atoms with Crippen LogP contribution in [-0.4, -0.2) is 32.7 Å². The van der Waals surface area contributed by atoms with E-state index in [1.165, 1.54) is 0 Å². The molecule has 1 aliphatic rings. The van der Waals surface area contributed by atoms with Gasteiger partial charge >= 0.3 is 0 Å². The second-order valence-electron chi connectivity index (χ2n) is 4.69. The second kappa shape index (κ2) is 6.71. The quantitative estimate of drug-likeness (QED) is 0.855. The fourth-order valence-corrected chi connectivity index (χ4v) is 3.34. The van der Waals surface area contributed by atoms with Gasteiger partial charge < -0.3 is 9.72 Å². The lowest BCUT2D eigenvalue weighted by Gasteiger charge is -2.22. The van der Waals surface area contributed by atoms with Crippen LogP contribution in [0.3, 0.4) is 0 Å². The van der Waals surface area contributed by atoms with Crippen molar-refractivity contribution in [3.05, 3.63) is 27.6 Å². The molecule has 6 nitrogen and oxygen atoms in total. The molecule has 2 rings (SSSR count). The molecule has 1 saturated heterocycles. The van der Waals surface area contributed by atoms with Gasteiger partial charge in [0.25, 0.3) is 5.56 Å². The molecular weight excluding hydrogens is 304 g/mol. The molecule has 0 radical (unpaired) electrons. The van der Waals surface area contributed by atoms with Crippen LogP contribution in [0.25, 0.3) is 0 Å². The number of aromatic nitrogens is 1. The average Bonchev–Trinajstić information content (AvgIpc) is 2.43. The van der Waals surface area contributed by atoms with Crippen LogP contribution in [0.15, 0.2) is 22.0 Å². The fraction of sp³-hybridized carbons (Fsp3) is 0.583. The first-order valence-electron chi connectivity index (χ1n) is 6.48. The molecule has 1 aliphatic heterocycles. The highest BCUT2D eigenvalue weighted by molar-refractivity contribution is 7.89. The molecule has 1 unspecified atom stereocenters. The van der Waals surface area contributed by atoms with Crippen molar-refractivity contribution >= 4 is 21.6 Å². The molecule has 1 aromatic heterocycles. The number of halogens is 1. The van der Waals surface area contributed by atoms with Crippen LogP contribution in [0.1, 0.15) is 25.7 Å². The summed E-state index contributed by atoms with van der Waals surface area (Å²) in [6.07, 6.45) is 5.03. The zero-order chi connectivity index (χ0) is 14.6. The Hall–Kier alpha value is -0.890. The molecule has 1 atom stereocenters. The number of hydrogen-bond donors (Lipinski definition) is 2. The van der Waals surface area contributed by atoms with E-state index in [1.54, 1.807) is 0 Å². The van der Waals surface area contributed by atoms with E-state index in [0.717, 1.165) is 38.1 Å². The van der Waals surface area contributed by atoms with Gasteiger partial charge in [0.2, 0.25) is 10.0 Å². The number of pyridine rings is 1. The van der Waals surface area contributed by atoms with Crippen LogP contribution in [0.4, 0.5) is 0 Å². The molecule has 1 aromatic rings. The molecule has 2 N–H and O–H groups in total. The van der Waals surface area contributed by atoms with Gasteiger partial charge in [0.1, 0.15) is 5.02 Å². The fourth-order valence-electron chi connectivity index (χ4n) is 2.07. The van der Waals surface area contributed by atoms with Gasteiger partial charge in [-0.2, -0.15) is 0 Å². The standard InChI is InChI=1S/C12H17ClN2O4S/c13-11-7-10(8-14-12(11)16)20(17,18)15-5-4-9-3-1-2-6-19-9/h7-9,15H,1-6H2,(H,14,16). The Morgan fingerprint density at radius 2 is 2.25 bits per heavy atom. The number of ether oxygens (including phenoxy) is 1. The summed E-state index contributed by atoms with van der Waals surface area (Å²) < 4.78 is 32.0. The third-order valence-electron chi connectivity index (χ3n) is 3.17. The van der Waals surface area contributed by atoms with E-state index in [4.69, 9.17) is 16.3 Å². The minimum atomic E-state index is -3.66. The Bertz CT molecular complexity index is 608. The molecule has 0 bridgehead atoms. The lowest BCUT2D eigenvalue weighted by Crippen LogP contribution is -2.30. The summed E-state index contributed by atoms with van der Waals surface area (Å²) in [4.78, 5) is 13.3. The van der Waals surface area contributed by atoms with Crippen molar-refractivity contribution in [2.75, 3.05) is 13.2 Å². The lowest BCUT2D eigenvalue weighted by molar-refractivity contribution is 0.0123. The van der Waals surface area contributed by atoms with Gasteiger partial charge in [0, 0.05) is 19.3 Å². The predicted molar refractivity (Wildman–Crippen MR) is 75.5 cm³/mol. The van der Waals surface area contributed by atoms with E-state index in [-0.39, 0.29) is 16.0 Å². The van der Waals surface area contributed by atoms with Crippen LogP contribution in [0, 0.1) is 0 Å². The number of sulfonamides is 1. The highest BCUT2D eigenvalue weighted by Crippen LogP contribution is 2.15. The van der Waals surface area contributed by atoms with Crippen molar-refractivity contribution < 1.29 is 13.2 Å². The van der Waals surface area contributed by atoms with Crippen molar-refractivity contribution in [1.82, 2.24) is 9.71 Å². The maximum absolute atomic E-state index is 12.0. The molecule has 0 saturated carbocycles. The molecule has 2 heterocycles. The molecule has 0 amide bonds. The summed E-state index contributed by atoms with van der Waals surface area (Å²) in [5, 5.41) is -0.150. The smallest absolute Gasteiger partial charge is 0.266 e. The Labute approximate surface area is 122 Å². The minimum Gasteiger partial charge on any atom is -0.378 e. The first kappa shape index (κ1) is 15.5. The van der Waals surface area contributed by atoms with E-state index >= 15 is 0 Å². The Kier molecular flexibility index (Phi) is 5.20. The third kappa shape index (κ3) is 4.05. The number of H-pyrrole nitrogens is 1. The number of nitrogens with one attached hydrogen (secondary N) is 2. The van der Waals surface area contributed by atoms with Gasteiger partial charge in [-0.15, -0.1) is 0 Å². The van der Waals surface area contributed by atoms with Crippen molar-refractivity contribution in [2.45, 2.75) is 36.7 Å². The number of hydrogen-bond acceptors (Lipinski definition) is 4. The lowest BCUT2D eigenvalue weighted by atomic mass is 10.1. The Balaban J connectivity index is 1.93. The molecule has 0 spiro atoms. The van der Waals surface area contributed by atoms with Gasteiger partial charge in [-0.25, -0.2) is 13.1 Å². The molecular formula is C12H17ClN2O4S. The van der Waals surface area contributed by atoms with Crippen molar-refractivity contribution in [2.24, 2.45) is 0 Å². The van der Waals surface area contributed by atoms with E-state index in [1.807, 2.05) is 0 Å². The molecule has 20 heavy (non-hydrogen) atoms. The maximum atomic E-state index is 12.0. The summed E-state index contributed by atoms with van der Waals surface area (Å²) in [6, 6.07) is 1.14. The molecule has 0 aromatic carbocycles. The average molecular weight is 321 g/mol. The van der Waals surface area contributed by atoms with Gasteiger partial charge in [0.05, 0.1) is 11.0 Å². The van der Waals surface area contributed by atoms with Crippen LogP contribution in [0.5, 0.6) is 0 Å². The SMILES string of the molecule is O=c1[nH]cc(S(=O)(=O)NCCC2CCCCO2)cc1Cl. The summed E-state index contributed by atoms with van der Waals surface area (Å²) in [5.41, 5.74) is -0.513. The van der Waals surface area contributed by atoms with E-state index in [9.17, 15) is 13.2 Å². The zero-order valence-corrected chi connectivity index (χ0v) is 12.5. The summed E-state index contributed by atoms with van der Waals surface area (Å²) >= 11 is 5.62. The molecule has 1 fully saturated rings. The van der Waals surface area contributed by atoms with Crippen LogP contribution < -0.4 is 10.3 Å². The van der Waals surface area contributed by atoms with Crippen LogP contribution in [0.2, 0.25) is 5.02 Å². The topological polar surface area (TPSA) is 88.3 Å². The van der Waals surface area contributed by atoms with E-state index in [0.29, 0.717) is 13.0 Å². The highest BCUT2D eigenvalue weighted by atomic mass is 35.5. The van der Waals surface area contributed by atoms with E-state index < -0.39 is 15.6 Å². The van der Waals surface area contributed by atoms with Gasteiger partial charge in [-0.1, -0.05) is 11.6 Å². The summed E-state index contributed by atoms with van der Waals surface area (Å²) in [5.74, 6) is 0. The third-order valence-corrected chi connectivity index (χ3v) is 4.90. The predicted octanol–water partition coefficient (Wildman–Crippen LogP) is 1.27. The minimum absolute atomic E-state index is 0.0494. The highest BCUT2D eigenvalue weighted by Gasteiger charge is 2.18. The largest absolute Gasteiger partial charge is 0.378 e. The van der Waals surface area contributed by atoms with E-state index in [2.05, 4.69) is 9.71 Å². The molecule has 8 heteroatoms. The normalized spacial score (nSPS) is 19.9. The first-order valence-corrected chi connectivity index (χ1v) is 8.34. The molecule has 112 valence electrons. The van der Waals surface area contributed by atoms with Gasteiger partial charge in [-0.3, -0.25) is 4.79 Å². The number of rotatable bonds is 5. The van der Waals surface area contributed by atoms with Gasteiger partial charge in [0.15, 0.2) is 0 Å². The van der Waals surface area contributed by atoms with Crippen molar-refractivity contribution in [1.29, 1.82) is 0 Å².